The van der Waals surface area contributed by atoms with Crippen LogP contribution in [0.1, 0.15) is 44.2 Å². The third-order valence-electron chi connectivity index (χ3n) is 3.47. The van der Waals surface area contributed by atoms with E-state index in [-0.39, 0.29) is 6.04 Å². The molecule has 0 saturated heterocycles. The summed E-state index contributed by atoms with van der Waals surface area (Å²) < 4.78 is 7.70. The van der Waals surface area contributed by atoms with Gasteiger partial charge in [0.1, 0.15) is 17.9 Å². The van der Waals surface area contributed by atoms with Crippen molar-refractivity contribution in [3.63, 3.8) is 0 Å². The molecule has 1 aromatic carbocycles. The van der Waals surface area contributed by atoms with Crippen LogP contribution in [0.2, 0.25) is 0 Å². The van der Waals surface area contributed by atoms with E-state index in [4.69, 9.17) is 4.74 Å². The SMILES string of the molecule is CCOc1ccccc1C(Cc1ncnn1C(C)C)NC. The molecule has 5 heteroatoms. The molecule has 1 atom stereocenters. The number of hydrogen-bond acceptors (Lipinski definition) is 4. The van der Waals surface area contributed by atoms with E-state index in [0.717, 1.165) is 23.6 Å². The Labute approximate surface area is 126 Å². The molecule has 21 heavy (non-hydrogen) atoms. The molecular weight excluding hydrogens is 264 g/mol. The summed E-state index contributed by atoms with van der Waals surface area (Å²) >= 11 is 0. The molecule has 2 aromatic rings. The first-order chi connectivity index (χ1) is 10.2. The summed E-state index contributed by atoms with van der Waals surface area (Å²) in [5.41, 5.74) is 1.15. The Hall–Kier alpha value is -1.88. The number of para-hydroxylation sites is 1. The van der Waals surface area contributed by atoms with Gasteiger partial charge >= 0.3 is 0 Å². The Kier molecular flexibility index (Phi) is 5.33. The average Bonchev–Trinajstić information content (AvgIpc) is 2.94. The number of nitrogens with zero attached hydrogens (tertiary/aromatic N) is 3. The predicted octanol–water partition coefficient (Wildman–Crippen LogP) is 2.76. The second-order valence-corrected chi connectivity index (χ2v) is 5.23. The molecule has 0 radical (unpaired) electrons. The Balaban J connectivity index is 2.26. The highest BCUT2D eigenvalue weighted by atomic mass is 16.5. The fourth-order valence-electron chi connectivity index (χ4n) is 2.46. The molecule has 1 aromatic heterocycles. The maximum absolute atomic E-state index is 5.73. The van der Waals surface area contributed by atoms with Gasteiger partial charge in [0.05, 0.1) is 6.61 Å². The van der Waals surface area contributed by atoms with Gasteiger partial charge in [0.15, 0.2) is 0 Å². The molecule has 2 rings (SSSR count). The molecule has 5 nitrogen and oxygen atoms in total. The van der Waals surface area contributed by atoms with Gasteiger partial charge in [0, 0.05) is 24.1 Å². The number of benzene rings is 1. The highest BCUT2D eigenvalue weighted by Crippen LogP contribution is 2.27. The first-order valence-corrected chi connectivity index (χ1v) is 7.44. The summed E-state index contributed by atoms with van der Waals surface area (Å²) in [6, 6.07) is 8.60. The standard InChI is InChI=1S/C16H24N4O/c1-5-21-15-9-7-6-8-13(15)14(17-4)10-16-18-11-19-20(16)12(2)3/h6-9,11-12,14,17H,5,10H2,1-4H3. The average molecular weight is 288 g/mol. The Bertz CT molecular complexity index is 565. The molecule has 0 amide bonds. The zero-order valence-electron chi connectivity index (χ0n) is 13.2. The molecule has 1 N–H and O–H groups in total. The van der Waals surface area contributed by atoms with Crippen molar-refractivity contribution < 1.29 is 4.74 Å². The van der Waals surface area contributed by atoms with E-state index >= 15 is 0 Å². The first kappa shape index (κ1) is 15.5. The Morgan fingerprint density at radius 1 is 1.29 bits per heavy atom. The quantitative estimate of drug-likeness (QED) is 0.851. The molecular formula is C16H24N4O. The molecule has 0 aliphatic heterocycles. The lowest BCUT2D eigenvalue weighted by atomic mass is 10.0. The number of nitrogens with one attached hydrogen (secondary N) is 1. The van der Waals surface area contributed by atoms with Crippen LogP contribution in [0.3, 0.4) is 0 Å². The number of aromatic nitrogens is 3. The fourth-order valence-corrected chi connectivity index (χ4v) is 2.46. The lowest BCUT2D eigenvalue weighted by molar-refractivity contribution is 0.331. The van der Waals surface area contributed by atoms with Crippen molar-refractivity contribution >= 4 is 0 Å². The van der Waals surface area contributed by atoms with Gasteiger partial charge < -0.3 is 10.1 Å². The van der Waals surface area contributed by atoms with E-state index in [1.807, 2.05) is 36.9 Å². The number of rotatable bonds is 7. The van der Waals surface area contributed by atoms with Gasteiger partial charge in [0.25, 0.3) is 0 Å². The maximum Gasteiger partial charge on any atom is 0.138 e. The smallest absolute Gasteiger partial charge is 0.138 e. The normalized spacial score (nSPS) is 12.6. The van der Waals surface area contributed by atoms with Crippen LogP contribution in [-0.4, -0.2) is 28.4 Å². The highest BCUT2D eigenvalue weighted by Gasteiger charge is 2.18. The van der Waals surface area contributed by atoms with Crippen LogP contribution in [0.25, 0.3) is 0 Å². The number of ether oxygens (including phenoxy) is 1. The summed E-state index contributed by atoms with van der Waals surface area (Å²) in [7, 11) is 1.96. The van der Waals surface area contributed by atoms with Gasteiger partial charge in [-0.05, 0) is 33.9 Å². The molecule has 114 valence electrons. The largest absolute Gasteiger partial charge is 0.494 e. The molecule has 1 unspecified atom stereocenters. The zero-order chi connectivity index (χ0) is 15.2. The molecule has 0 fully saturated rings. The summed E-state index contributed by atoms with van der Waals surface area (Å²) in [4.78, 5) is 4.40. The Morgan fingerprint density at radius 3 is 2.71 bits per heavy atom. The van der Waals surface area contributed by atoms with Crippen LogP contribution in [0, 0.1) is 0 Å². The second kappa shape index (κ2) is 7.22. The van der Waals surface area contributed by atoms with Crippen molar-refractivity contribution in [2.24, 2.45) is 0 Å². The minimum Gasteiger partial charge on any atom is -0.494 e. The second-order valence-electron chi connectivity index (χ2n) is 5.23. The van der Waals surface area contributed by atoms with Crippen molar-refractivity contribution in [1.82, 2.24) is 20.1 Å². The van der Waals surface area contributed by atoms with Crippen molar-refractivity contribution in [2.75, 3.05) is 13.7 Å². The van der Waals surface area contributed by atoms with E-state index in [2.05, 4.69) is 35.3 Å². The molecule has 1 heterocycles. The summed E-state index contributed by atoms with van der Waals surface area (Å²) in [6.45, 7) is 6.89. The van der Waals surface area contributed by atoms with Crippen LogP contribution in [0.5, 0.6) is 5.75 Å². The topological polar surface area (TPSA) is 52.0 Å². The third-order valence-corrected chi connectivity index (χ3v) is 3.47. The van der Waals surface area contributed by atoms with Crippen molar-refractivity contribution in [1.29, 1.82) is 0 Å². The van der Waals surface area contributed by atoms with Crippen molar-refractivity contribution in [2.45, 2.75) is 39.3 Å². The molecule has 0 spiro atoms. The summed E-state index contributed by atoms with van der Waals surface area (Å²) in [6.07, 6.45) is 2.40. The van der Waals surface area contributed by atoms with Crippen molar-refractivity contribution in [3.05, 3.63) is 42.0 Å². The van der Waals surface area contributed by atoms with Gasteiger partial charge in [-0.15, -0.1) is 0 Å². The van der Waals surface area contributed by atoms with Crippen LogP contribution in [0.4, 0.5) is 0 Å². The van der Waals surface area contributed by atoms with E-state index in [9.17, 15) is 0 Å². The van der Waals surface area contributed by atoms with Crippen LogP contribution in [-0.2, 0) is 6.42 Å². The monoisotopic (exact) mass is 288 g/mol. The lowest BCUT2D eigenvalue weighted by Crippen LogP contribution is -2.22. The van der Waals surface area contributed by atoms with Gasteiger partial charge in [-0.25, -0.2) is 9.67 Å². The van der Waals surface area contributed by atoms with Crippen LogP contribution >= 0.6 is 0 Å². The van der Waals surface area contributed by atoms with Gasteiger partial charge in [0.2, 0.25) is 0 Å². The molecule has 0 bridgehead atoms. The Morgan fingerprint density at radius 2 is 2.05 bits per heavy atom. The molecule has 0 aliphatic rings. The van der Waals surface area contributed by atoms with Crippen molar-refractivity contribution in [3.8, 4) is 5.75 Å². The minimum atomic E-state index is 0.148. The lowest BCUT2D eigenvalue weighted by Gasteiger charge is -2.20. The van der Waals surface area contributed by atoms with E-state index < -0.39 is 0 Å². The molecule has 0 saturated carbocycles. The minimum absolute atomic E-state index is 0.148. The zero-order valence-corrected chi connectivity index (χ0v) is 13.2. The van der Waals surface area contributed by atoms with Gasteiger partial charge in [-0.3, -0.25) is 0 Å². The maximum atomic E-state index is 5.73. The number of likely N-dealkylation sites (N-methyl/N-ethyl adjacent to an activating group) is 1. The van der Waals surface area contributed by atoms with Gasteiger partial charge in [-0.2, -0.15) is 5.10 Å². The van der Waals surface area contributed by atoms with Crippen LogP contribution in [0.15, 0.2) is 30.6 Å². The predicted molar refractivity (Wildman–Crippen MR) is 83.5 cm³/mol. The summed E-state index contributed by atoms with van der Waals surface area (Å²) in [5, 5.41) is 7.66. The number of hydrogen-bond donors (Lipinski definition) is 1. The van der Waals surface area contributed by atoms with Crippen LogP contribution < -0.4 is 10.1 Å². The third kappa shape index (κ3) is 3.61. The fraction of sp³-hybridized carbons (Fsp3) is 0.500. The van der Waals surface area contributed by atoms with E-state index in [1.165, 1.54) is 0 Å². The summed E-state index contributed by atoms with van der Waals surface area (Å²) in [5.74, 6) is 1.91. The van der Waals surface area contributed by atoms with E-state index in [1.54, 1.807) is 6.33 Å². The van der Waals surface area contributed by atoms with E-state index in [0.29, 0.717) is 12.6 Å². The first-order valence-electron chi connectivity index (χ1n) is 7.44. The molecule has 0 aliphatic carbocycles. The highest BCUT2D eigenvalue weighted by molar-refractivity contribution is 5.36. The van der Waals surface area contributed by atoms with Gasteiger partial charge in [-0.1, -0.05) is 18.2 Å².